The average Bonchev–Trinajstić information content (AvgIpc) is 2.70. The van der Waals surface area contributed by atoms with Crippen LogP contribution >= 0.6 is 0 Å². The molecule has 0 atom stereocenters. The summed E-state index contributed by atoms with van der Waals surface area (Å²) >= 11 is 0. The van der Waals surface area contributed by atoms with Crippen molar-refractivity contribution in [1.29, 1.82) is 0 Å². The van der Waals surface area contributed by atoms with Gasteiger partial charge in [-0.1, -0.05) is 123 Å². The quantitative estimate of drug-likeness (QED) is 0.0967. The molecule has 0 bridgehead atoms. The fourth-order valence-electron chi connectivity index (χ4n) is 3.14. The highest BCUT2D eigenvalue weighted by atomic mass is 16.5. The summed E-state index contributed by atoms with van der Waals surface area (Å²) in [7, 11) is 0. The first-order valence-corrected chi connectivity index (χ1v) is 12.2. The monoisotopic (exact) mass is 414 g/mol. The number of esters is 1. The van der Waals surface area contributed by atoms with Crippen molar-refractivity contribution in [1.82, 2.24) is 0 Å². The van der Waals surface area contributed by atoms with Crippen LogP contribution in [0.1, 0.15) is 129 Å². The molecule has 0 aromatic carbocycles. The lowest BCUT2D eigenvalue weighted by atomic mass is 10.0. The van der Waals surface area contributed by atoms with Gasteiger partial charge in [0.05, 0.1) is 6.61 Å². The van der Waals surface area contributed by atoms with Crippen LogP contribution < -0.4 is 0 Å². The molecule has 0 radical (unpaired) electrons. The largest absolute Gasteiger partial charge is 0.463 e. The summed E-state index contributed by atoms with van der Waals surface area (Å²) in [6.07, 6.45) is 23.2. The molecule has 2 N–H and O–H groups in total. The van der Waals surface area contributed by atoms with Gasteiger partial charge in [-0.2, -0.15) is 0 Å². The molecule has 0 rings (SSSR count). The Morgan fingerprint density at radius 2 is 1.10 bits per heavy atom. The number of aliphatic hydroxyl groups excluding tert-OH is 1. The number of aliphatic hydroxyl groups is 2. The Morgan fingerprint density at radius 1 is 0.724 bits per heavy atom. The number of ether oxygens (including phenoxy) is 1. The summed E-state index contributed by atoms with van der Waals surface area (Å²) in [6.45, 7) is 8.11. The third kappa shape index (κ3) is 32.0. The van der Waals surface area contributed by atoms with Crippen LogP contribution in [0.4, 0.5) is 0 Å². The number of unbranched alkanes of at least 4 members (excludes halogenated alkanes) is 15. The molecular weight excluding hydrogens is 364 g/mol. The van der Waals surface area contributed by atoms with Crippen molar-refractivity contribution in [2.45, 2.75) is 136 Å². The predicted octanol–water partition coefficient (Wildman–Crippen LogP) is 7.07. The zero-order valence-corrected chi connectivity index (χ0v) is 19.5. The van der Waals surface area contributed by atoms with Crippen LogP contribution in [0, 0.1) is 0 Å². The minimum absolute atomic E-state index is 0.300. The van der Waals surface area contributed by atoms with Crippen LogP contribution in [0.25, 0.3) is 0 Å². The van der Waals surface area contributed by atoms with Crippen molar-refractivity contribution in [3.8, 4) is 0 Å². The van der Waals surface area contributed by atoms with E-state index in [0.29, 0.717) is 13.0 Å². The third-order valence-corrected chi connectivity index (χ3v) is 4.96. The minimum atomic E-state index is -1.10. The summed E-state index contributed by atoms with van der Waals surface area (Å²) in [4.78, 5) is 10.8. The maximum atomic E-state index is 10.8. The van der Waals surface area contributed by atoms with Crippen molar-refractivity contribution in [2.75, 3.05) is 6.61 Å². The normalized spacial score (nSPS) is 10.5. The minimum Gasteiger partial charge on any atom is -0.463 e. The molecule has 0 heterocycles. The van der Waals surface area contributed by atoms with E-state index in [-0.39, 0.29) is 5.97 Å². The van der Waals surface area contributed by atoms with E-state index in [1.807, 2.05) is 6.92 Å². The molecular formula is C25H50O4. The fraction of sp³-hybridized carbons (Fsp3) is 0.880. The number of carbonyl (C=O) groups is 1. The van der Waals surface area contributed by atoms with Crippen molar-refractivity contribution in [3.63, 3.8) is 0 Å². The number of carbonyl (C=O) groups excluding carboxylic acids is 1. The van der Waals surface area contributed by atoms with Gasteiger partial charge in [-0.25, -0.2) is 4.79 Å². The lowest BCUT2D eigenvalue weighted by molar-refractivity contribution is -0.137. The Morgan fingerprint density at radius 3 is 1.38 bits per heavy atom. The number of hydrogen-bond acceptors (Lipinski definition) is 4. The van der Waals surface area contributed by atoms with Crippen LogP contribution in [-0.2, 0) is 9.53 Å². The van der Waals surface area contributed by atoms with Gasteiger partial charge in [0.15, 0.2) is 6.29 Å². The number of rotatable bonds is 20. The van der Waals surface area contributed by atoms with E-state index in [2.05, 4.69) is 13.5 Å². The van der Waals surface area contributed by atoms with Gasteiger partial charge in [-0.3, -0.25) is 0 Å². The molecule has 0 fully saturated rings. The second-order valence-electron chi connectivity index (χ2n) is 7.94. The lowest BCUT2D eigenvalue weighted by Gasteiger charge is -2.04. The first kappa shape index (κ1) is 30.3. The van der Waals surface area contributed by atoms with E-state index >= 15 is 0 Å². The molecule has 174 valence electrons. The smallest absolute Gasteiger partial charge is 0.330 e. The highest BCUT2D eigenvalue weighted by Gasteiger charge is 1.96. The van der Waals surface area contributed by atoms with Crippen LogP contribution in [0.3, 0.4) is 0 Å². The Hall–Kier alpha value is -0.870. The second-order valence-corrected chi connectivity index (χ2v) is 7.94. The van der Waals surface area contributed by atoms with Crippen LogP contribution in [0.2, 0.25) is 0 Å². The van der Waals surface area contributed by atoms with E-state index in [9.17, 15) is 4.79 Å². The molecule has 0 spiro atoms. The van der Waals surface area contributed by atoms with Gasteiger partial charge in [0, 0.05) is 6.08 Å². The Kier molecular flexibility index (Phi) is 28.4. The van der Waals surface area contributed by atoms with E-state index in [0.717, 1.165) is 12.8 Å². The first-order valence-electron chi connectivity index (χ1n) is 12.2. The standard InChI is InChI=1S/C21H40O2.C4H10O2/c1-3-5-6-7-8-9-10-11-12-13-14-15-16-17-18-19-20-23-21(22)4-2;1-2-3-4(5)6/h4H,2-3,5-20H2,1H3;4-6H,2-3H2,1H3. The highest BCUT2D eigenvalue weighted by Crippen LogP contribution is 2.13. The van der Waals surface area contributed by atoms with E-state index < -0.39 is 6.29 Å². The van der Waals surface area contributed by atoms with Crippen LogP contribution in [0.5, 0.6) is 0 Å². The SMILES string of the molecule is C=CC(=O)OCCCCCCCCCCCCCCCCCC.CCCC(O)O. The maximum Gasteiger partial charge on any atom is 0.330 e. The predicted molar refractivity (Wildman–Crippen MR) is 124 cm³/mol. The molecule has 0 aliphatic rings. The summed E-state index contributed by atoms with van der Waals surface area (Å²) in [5.41, 5.74) is 0. The molecule has 0 aliphatic carbocycles. The van der Waals surface area contributed by atoms with Gasteiger partial charge >= 0.3 is 5.97 Å². The summed E-state index contributed by atoms with van der Waals surface area (Å²) in [5, 5.41) is 16.2. The highest BCUT2D eigenvalue weighted by molar-refractivity contribution is 5.81. The fourth-order valence-corrected chi connectivity index (χ4v) is 3.14. The second kappa shape index (κ2) is 27.1. The van der Waals surface area contributed by atoms with Crippen LogP contribution in [0.15, 0.2) is 12.7 Å². The van der Waals surface area contributed by atoms with Crippen molar-refractivity contribution in [3.05, 3.63) is 12.7 Å². The molecule has 4 heteroatoms. The lowest BCUT2D eigenvalue weighted by Crippen LogP contribution is -2.01. The van der Waals surface area contributed by atoms with E-state index in [1.165, 1.54) is 102 Å². The van der Waals surface area contributed by atoms with Gasteiger partial charge in [-0.05, 0) is 12.8 Å². The van der Waals surface area contributed by atoms with Crippen LogP contribution in [-0.4, -0.2) is 29.1 Å². The molecule has 0 unspecified atom stereocenters. The molecule has 0 amide bonds. The van der Waals surface area contributed by atoms with E-state index in [4.69, 9.17) is 14.9 Å². The Bertz CT molecular complexity index is 329. The van der Waals surface area contributed by atoms with Gasteiger partial charge in [-0.15, -0.1) is 0 Å². The third-order valence-electron chi connectivity index (χ3n) is 4.96. The zero-order valence-electron chi connectivity index (χ0n) is 19.5. The molecule has 0 aromatic rings. The molecule has 0 aromatic heterocycles. The number of hydrogen-bond donors (Lipinski definition) is 2. The summed E-state index contributed by atoms with van der Waals surface area (Å²) in [6, 6.07) is 0. The van der Waals surface area contributed by atoms with Gasteiger partial charge < -0.3 is 14.9 Å². The summed E-state index contributed by atoms with van der Waals surface area (Å²) in [5.74, 6) is -0.300. The topological polar surface area (TPSA) is 66.8 Å². The molecule has 0 saturated heterocycles. The molecule has 0 aliphatic heterocycles. The van der Waals surface area contributed by atoms with Gasteiger partial charge in [0.2, 0.25) is 0 Å². The van der Waals surface area contributed by atoms with Crippen molar-refractivity contribution < 1.29 is 19.7 Å². The average molecular weight is 415 g/mol. The Labute approximate surface area is 181 Å². The first-order chi connectivity index (χ1) is 14.1. The van der Waals surface area contributed by atoms with Crippen molar-refractivity contribution >= 4 is 5.97 Å². The van der Waals surface area contributed by atoms with Crippen molar-refractivity contribution in [2.24, 2.45) is 0 Å². The summed E-state index contributed by atoms with van der Waals surface area (Å²) < 4.78 is 4.95. The molecule has 4 nitrogen and oxygen atoms in total. The maximum absolute atomic E-state index is 10.8. The Balaban J connectivity index is 0. The molecule has 29 heavy (non-hydrogen) atoms. The zero-order chi connectivity index (χ0) is 22.0. The van der Waals surface area contributed by atoms with Gasteiger partial charge in [0.25, 0.3) is 0 Å². The van der Waals surface area contributed by atoms with Gasteiger partial charge in [0.1, 0.15) is 0 Å². The van der Waals surface area contributed by atoms with E-state index in [1.54, 1.807) is 0 Å². The molecule has 0 saturated carbocycles.